The smallest absolute Gasteiger partial charge is 0.164 e. The van der Waals surface area contributed by atoms with Crippen LogP contribution in [0.2, 0.25) is 0 Å². The Hall–Kier alpha value is -8.67. The van der Waals surface area contributed by atoms with E-state index in [4.69, 9.17) is 15.0 Å². The first-order chi connectivity index (χ1) is 31.7. The Labute approximate surface area is 368 Å². The topological polar surface area (TPSA) is 48.5 Å². The van der Waals surface area contributed by atoms with Crippen LogP contribution < -0.4 is 0 Å². The summed E-state index contributed by atoms with van der Waals surface area (Å²) in [5.74, 6) is 1.84. The SMILES string of the molecule is c1ccc(-c2cccc(-c3nc(-c4ccc5c6ccccc6n(-c6ccccc6)c5c4)nc(-c4ccc(-n5c6ccccc6c6cc7ccccc7cc65)c5ccccc45)n3)c2)cc1. The minimum Gasteiger partial charge on any atom is -0.309 e. The molecule has 0 aliphatic carbocycles. The van der Waals surface area contributed by atoms with Gasteiger partial charge in [-0.05, 0) is 87.9 Å². The minimum atomic E-state index is 0.610. The molecule has 13 rings (SSSR count). The molecule has 0 amide bonds. The largest absolute Gasteiger partial charge is 0.309 e. The van der Waals surface area contributed by atoms with Gasteiger partial charge < -0.3 is 9.13 Å². The third-order valence-corrected chi connectivity index (χ3v) is 12.7. The fraction of sp³-hybridized carbons (Fsp3) is 0. The summed E-state index contributed by atoms with van der Waals surface area (Å²) < 4.78 is 4.76. The highest BCUT2D eigenvalue weighted by Gasteiger charge is 2.21. The Morgan fingerprint density at radius 3 is 1.56 bits per heavy atom. The van der Waals surface area contributed by atoms with Gasteiger partial charge in [-0.3, -0.25) is 0 Å². The van der Waals surface area contributed by atoms with Crippen molar-refractivity contribution in [1.82, 2.24) is 24.1 Å². The Morgan fingerprint density at radius 2 is 0.797 bits per heavy atom. The van der Waals surface area contributed by atoms with Crippen LogP contribution in [0, 0.1) is 0 Å². The molecule has 0 bridgehead atoms. The molecule has 3 heterocycles. The number of nitrogens with zero attached hydrogens (tertiary/aromatic N) is 5. The summed E-state index contributed by atoms with van der Waals surface area (Å²) >= 11 is 0. The highest BCUT2D eigenvalue weighted by atomic mass is 15.0. The molecule has 0 atom stereocenters. The summed E-state index contributed by atoms with van der Waals surface area (Å²) in [4.78, 5) is 16.0. The lowest BCUT2D eigenvalue weighted by Gasteiger charge is -2.15. The number of rotatable bonds is 6. The molecule has 298 valence electrons. The second-order valence-corrected chi connectivity index (χ2v) is 16.4. The molecule has 3 aromatic heterocycles. The van der Waals surface area contributed by atoms with Crippen molar-refractivity contribution in [3.8, 4) is 56.7 Å². The second kappa shape index (κ2) is 14.5. The zero-order chi connectivity index (χ0) is 42.1. The van der Waals surface area contributed by atoms with Gasteiger partial charge in [0, 0.05) is 49.3 Å². The van der Waals surface area contributed by atoms with Gasteiger partial charge in [0.2, 0.25) is 0 Å². The molecular formula is C59H37N5. The molecule has 5 heteroatoms. The van der Waals surface area contributed by atoms with Crippen LogP contribution in [-0.2, 0) is 0 Å². The first kappa shape index (κ1) is 36.0. The number of hydrogen-bond donors (Lipinski definition) is 0. The highest BCUT2D eigenvalue weighted by molar-refractivity contribution is 6.15. The van der Waals surface area contributed by atoms with Gasteiger partial charge in [-0.25, -0.2) is 15.0 Å². The molecule has 64 heavy (non-hydrogen) atoms. The van der Waals surface area contributed by atoms with E-state index < -0.39 is 0 Å². The number of hydrogen-bond acceptors (Lipinski definition) is 3. The van der Waals surface area contributed by atoms with Crippen LogP contribution in [0.5, 0.6) is 0 Å². The molecule has 0 saturated heterocycles. The molecular weight excluding hydrogens is 779 g/mol. The van der Waals surface area contributed by atoms with Gasteiger partial charge in [0.25, 0.3) is 0 Å². The summed E-state index contributed by atoms with van der Waals surface area (Å²) in [5.41, 5.74) is 11.8. The second-order valence-electron chi connectivity index (χ2n) is 16.4. The zero-order valence-corrected chi connectivity index (χ0v) is 34.6. The molecule has 13 aromatic rings. The van der Waals surface area contributed by atoms with Gasteiger partial charge in [-0.15, -0.1) is 0 Å². The Morgan fingerprint density at radius 1 is 0.266 bits per heavy atom. The number of benzene rings is 10. The van der Waals surface area contributed by atoms with E-state index in [-0.39, 0.29) is 0 Å². The molecule has 0 N–H and O–H groups in total. The minimum absolute atomic E-state index is 0.610. The lowest BCUT2D eigenvalue weighted by Crippen LogP contribution is -2.02. The third-order valence-electron chi connectivity index (χ3n) is 12.7. The summed E-state index contributed by atoms with van der Waals surface area (Å²) in [5, 5.41) is 9.45. The summed E-state index contributed by atoms with van der Waals surface area (Å²) in [7, 11) is 0. The third kappa shape index (κ3) is 5.75. The van der Waals surface area contributed by atoms with Gasteiger partial charge >= 0.3 is 0 Å². The molecule has 0 unspecified atom stereocenters. The normalized spacial score (nSPS) is 11.8. The van der Waals surface area contributed by atoms with E-state index in [9.17, 15) is 0 Å². The van der Waals surface area contributed by atoms with E-state index in [1.54, 1.807) is 0 Å². The Bertz CT molecular complexity index is 3960. The van der Waals surface area contributed by atoms with E-state index in [0.29, 0.717) is 17.5 Å². The zero-order valence-electron chi connectivity index (χ0n) is 34.6. The van der Waals surface area contributed by atoms with Gasteiger partial charge in [-0.2, -0.15) is 0 Å². The first-order valence-electron chi connectivity index (χ1n) is 21.7. The van der Waals surface area contributed by atoms with Crippen LogP contribution in [-0.4, -0.2) is 24.1 Å². The quantitative estimate of drug-likeness (QED) is 0.168. The Balaban J connectivity index is 1.05. The van der Waals surface area contributed by atoms with E-state index in [1.165, 1.54) is 37.8 Å². The van der Waals surface area contributed by atoms with Gasteiger partial charge in [0.1, 0.15) is 0 Å². The fourth-order valence-electron chi connectivity index (χ4n) is 9.78. The van der Waals surface area contributed by atoms with Crippen molar-refractivity contribution >= 4 is 65.2 Å². The molecule has 5 nitrogen and oxygen atoms in total. The summed E-state index contributed by atoms with van der Waals surface area (Å²) in [6.07, 6.45) is 0. The summed E-state index contributed by atoms with van der Waals surface area (Å²) in [6.45, 7) is 0. The molecule has 10 aromatic carbocycles. The predicted molar refractivity (Wildman–Crippen MR) is 265 cm³/mol. The maximum absolute atomic E-state index is 5.38. The van der Waals surface area contributed by atoms with Gasteiger partial charge in [-0.1, -0.05) is 164 Å². The number of fused-ring (bicyclic) bond motifs is 8. The van der Waals surface area contributed by atoms with Crippen molar-refractivity contribution in [2.75, 3.05) is 0 Å². The van der Waals surface area contributed by atoms with Crippen LogP contribution in [0.4, 0.5) is 0 Å². The first-order valence-corrected chi connectivity index (χ1v) is 21.7. The van der Waals surface area contributed by atoms with Crippen molar-refractivity contribution in [2.45, 2.75) is 0 Å². The van der Waals surface area contributed by atoms with E-state index in [0.717, 1.165) is 66.5 Å². The van der Waals surface area contributed by atoms with Crippen molar-refractivity contribution < 1.29 is 0 Å². The van der Waals surface area contributed by atoms with Crippen molar-refractivity contribution in [2.24, 2.45) is 0 Å². The van der Waals surface area contributed by atoms with Crippen molar-refractivity contribution in [3.05, 3.63) is 224 Å². The molecule has 0 radical (unpaired) electrons. The molecule has 0 spiro atoms. The van der Waals surface area contributed by atoms with Crippen LogP contribution in [0.25, 0.3) is 122 Å². The average Bonchev–Trinajstić information content (AvgIpc) is 3.87. The van der Waals surface area contributed by atoms with E-state index in [2.05, 4.69) is 228 Å². The van der Waals surface area contributed by atoms with Crippen molar-refractivity contribution in [3.63, 3.8) is 0 Å². The van der Waals surface area contributed by atoms with Gasteiger partial charge in [0.05, 0.1) is 27.8 Å². The molecule has 0 aliphatic rings. The van der Waals surface area contributed by atoms with E-state index >= 15 is 0 Å². The standard InChI is InChI=1S/C59H37N5/c1-3-16-38(17-4-1)39-20-15-21-42(34-39)57-60-58(43-30-31-49-47-26-11-13-28-52(47)63(55(49)37-43)44-22-5-2-6-23-44)62-59(61-57)50-32-33-54(46-25-10-9-24-45(46)50)64-53-29-14-12-27-48(53)51-35-40-18-7-8-19-41(40)36-56(51)64/h1-37H. The fourth-order valence-corrected chi connectivity index (χ4v) is 9.78. The lowest BCUT2D eigenvalue weighted by molar-refractivity contribution is 1.08. The highest BCUT2D eigenvalue weighted by Crippen LogP contribution is 2.40. The van der Waals surface area contributed by atoms with Crippen LogP contribution >= 0.6 is 0 Å². The maximum atomic E-state index is 5.38. The Kier molecular flexibility index (Phi) is 8.15. The van der Waals surface area contributed by atoms with Crippen LogP contribution in [0.3, 0.4) is 0 Å². The molecule has 0 fully saturated rings. The number of aromatic nitrogens is 5. The lowest BCUT2D eigenvalue weighted by atomic mass is 10.0. The van der Waals surface area contributed by atoms with Gasteiger partial charge in [0.15, 0.2) is 17.5 Å². The predicted octanol–water partition coefficient (Wildman–Crippen LogP) is 15.0. The monoisotopic (exact) mass is 815 g/mol. The van der Waals surface area contributed by atoms with Crippen LogP contribution in [0.1, 0.15) is 0 Å². The molecule has 0 aliphatic heterocycles. The number of para-hydroxylation sites is 3. The van der Waals surface area contributed by atoms with Crippen molar-refractivity contribution in [1.29, 1.82) is 0 Å². The van der Waals surface area contributed by atoms with Crippen LogP contribution in [0.15, 0.2) is 224 Å². The summed E-state index contributed by atoms with van der Waals surface area (Å²) in [6, 6.07) is 79.8. The van der Waals surface area contributed by atoms with E-state index in [1.807, 2.05) is 6.07 Å². The molecule has 0 saturated carbocycles. The average molecular weight is 816 g/mol. The maximum Gasteiger partial charge on any atom is 0.164 e.